The Morgan fingerprint density at radius 1 is 1.15 bits per heavy atom. The maximum atomic E-state index is 12.8. The van der Waals surface area contributed by atoms with E-state index in [1.165, 1.54) is 22.2 Å². The van der Waals surface area contributed by atoms with Crippen molar-refractivity contribution in [2.75, 3.05) is 5.32 Å². The number of carbonyl (C=O) groups is 1. The van der Waals surface area contributed by atoms with Gasteiger partial charge in [0.2, 0.25) is 5.91 Å². The Bertz CT molecular complexity index is 1230. The summed E-state index contributed by atoms with van der Waals surface area (Å²) in [7, 11) is 0. The van der Waals surface area contributed by atoms with E-state index in [0.29, 0.717) is 10.2 Å². The van der Waals surface area contributed by atoms with Crippen LogP contribution in [0.25, 0.3) is 20.3 Å². The zero-order valence-electron chi connectivity index (χ0n) is 15.4. The van der Waals surface area contributed by atoms with Crippen molar-refractivity contribution in [3.63, 3.8) is 0 Å². The molecule has 6 heteroatoms. The Kier molecular flexibility index (Phi) is 4.28. The van der Waals surface area contributed by atoms with Crippen LogP contribution in [0.1, 0.15) is 16.7 Å². The molecular formula is C21H19N3O2S. The van der Waals surface area contributed by atoms with Crippen molar-refractivity contribution in [1.29, 1.82) is 0 Å². The summed E-state index contributed by atoms with van der Waals surface area (Å²) < 4.78 is 2.96. The predicted octanol–water partition coefficient (Wildman–Crippen LogP) is 4.18. The predicted molar refractivity (Wildman–Crippen MR) is 111 cm³/mol. The van der Waals surface area contributed by atoms with E-state index < -0.39 is 0 Å². The molecule has 2 aromatic carbocycles. The number of anilines is 1. The summed E-state index contributed by atoms with van der Waals surface area (Å²) in [6, 6.07) is 11.9. The lowest BCUT2D eigenvalue weighted by atomic mass is 10.1. The smallest absolute Gasteiger partial charge is 0.271 e. The molecule has 27 heavy (non-hydrogen) atoms. The first kappa shape index (κ1) is 17.4. The number of nitrogens with zero attached hydrogens (tertiary/aromatic N) is 2. The highest BCUT2D eigenvalue weighted by molar-refractivity contribution is 7.25. The van der Waals surface area contributed by atoms with E-state index in [4.69, 9.17) is 0 Å². The number of carbonyl (C=O) groups excluding carboxylic acids is 1. The second-order valence-corrected chi connectivity index (χ2v) is 7.83. The zero-order valence-corrected chi connectivity index (χ0v) is 16.2. The van der Waals surface area contributed by atoms with Crippen molar-refractivity contribution in [1.82, 2.24) is 9.55 Å². The minimum atomic E-state index is -0.241. The van der Waals surface area contributed by atoms with Gasteiger partial charge in [0.05, 0.1) is 11.8 Å². The van der Waals surface area contributed by atoms with Crippen LogP contribution in [-0.4, -0.2) is 15.5 Å². The summed E-state index contributed by atoms with van der Waals surface area (Å²) in [5, 5.41) is 3.90. The molecule has 5 nitrogen and oxygen atoms in total. The van der Waals surface area contributed by atoms with Crippen LogP contribution in [0, 0.1) is 20.8 Å². The van der Waals surface area contributed by atoms with Crippen LogP contribution in [-0.2, 0) is 11.3 Å². The Balaban J connectivity index is 1.66. The third-order valence-corrected chi connectivity index (χ3v) is 5.75. The van der Waals surface area contributed by atoms with E-state index >= 15 is 0 Å². The fraction of sp³-hybridized carbons (Fsp3) is 0.190. The number of aryl methyl sites for hydroxylation is 3. The van der Waals surface area contributed by atoms with E-state index in [0.717, 1.165) is 32.5 Å². The fourth-order valence-corrected chi connectivity index (χ4v) is 4.54. The molecule has 4 rings (SSSR count). The number of hydrogen-bond donors (Lipinski definition) is 1. The topological polar surface area (TPSA) is 64.0 Å². The van der Waals surface area contributed by atoms with Gasteiger partial charge in [-0.15, -0.1) is 11.3 Å². The second-order valence-electron chi connectivity index (χ2n) is 6.78. The normalized spacial score (nSPS) is 11.2. The summed E-state index contributed by atoms with van der Waals surface area (Å²) in [6.07, 6.45) is 1.46. The number of aromatic nitrogens is 2. The number of thiophene rings is 1. The molecular weight excluding hydrogens is 358 g/mol. The van der Waals surface area contributed by atoms with Crippen molar-refractivity contribution in [3.8, 4) is 0 Å². The lowest BCUT2D eigenvalue weighted by Crippen LogP contribution is -2.27. The van der Waals surface area contributed by atoms with Crippen molar-refractivity contribution in [3.05, 3.63) is 69.8 Å². The molecule has 0 aliphatic carbocycles. The second kappa shape index (κ2) is 6.63. The van der Waals surface area contributed by atoms with Gasteiger partial charge in [0.1, 0.15) is 11.2 Å². The Hall–Kier alpha value is -2.99. The van der Waals surface area contributed by atoms with Crippen molar-refractivity contribution >= 4 is 43.2 Å². The molecule has 0 saturated heterocycles. The molecule has 4 aromatic rings. The number of hydrogen-bond acceptors (Lipinski definition) is 4. The molecule has 1 amide bonds. The molecule has 2 heterocycles. The first-order valence-corrected chi connectivity index (χ1v) is 9.50. The molecule has 0 saturated carbocycles. The Morgan fingerprint density at radius 3 is 2.59 bits per heavy atom. The van der Waals surface area contributed by atoms with Gasteiger partial charge in [-0.05, 0) is 38.0 Å². The van der Waals surface area contributed by atoms with Gasteiger partial charge in [-0.3, -0.25) is 14.2 Å². The van der Waals surface area contributed by atoms with Crippen LogP contribution in [0.5, 0.6) is 0 Å². The number of amides is 1. The van der Waals surface area contributed by atoms with Gasteiger partial charge in [0, 0.05) is 15.8 Å². The quantitative estimate of drug-likeness (QED) is 0.583. The number of benzene rings is 2. The molecule has 0 atom stereocenters. The first-order chi connectivity index (χ1) is 12.9. The molecule has 0 aliphatic heterocycles. The van der Waals surface area contributed by atoms with Gasteiger partial charge in [-0.1, -0.05) is 35.9 Å². The lowest BCUT2D eigenvalue weighted by molar-refractivity contribution is -0.116. The van der Waals surface area contributed by atoms with Crippen molar-refractivity contribution in [2.24, 2.45) is 0 Å². The van der Waals surface area contributed by atoms with Crippen LogP contribution in [0.15, 0.2) is 47.5 Å². The Labute approximate surface area is 160 Å². The maximum absolute atomic E-state index is 12.8. The minimum absolute atomic E-state index is 0.0667. The number of nitrogens with one attached hydrogen (secondary N) is 1. The highest BCUT2D eigenvalue weighted by Gasteiger charge is 2.14. The monoisotopic (exact) mass is 377 g/mol. The third kappa shape index (κ3) is 3.13. The van der Waals surface area contributed by atoms with E-state index in [2.05, 4.69) is 10.3 Å². The summed E-state index contributed by atoms with van der Waals surface area (Å²) in [4.78, 5) is 29.8. The SMILES string of the molecule is Cc1cc(C)c(NC(=O)Cn2cnc3c(sc4ccccc43)c2=O)c(C)c1. The van der Waals surface area contributed by atoms with Gasteiger partial charge >= 0.3 is 0 Å². The molecule has 0 aliphatic rings. The van der Waals surface area contributed by atoms with E-state index in [9.17, 15) is 9.59 Å². The molecule has 0 unspecified atom stereocenters. The van der Waals surface area contributed by atoms with Crippen LogP contribution in [0.2, 0.25) is 0 Å². The highest BCUT2D eigenvalue weighted by Crippen LogP contribution is 2.29. The molecule has 1 N–H and O–H groups in total. The molecule has 0 fully saturated rings. The number of fused-ring (bicyclic) bond motifs is 3. The van der Waals surface area contributed by atoms with Gasteiger partial charge in [0.15, 0.2) is 0 Å². The zero-order chi connectivity index (χ0) is 19.1. The van der Waals surface area contributed by atoms with Crippen molar-refractivity contribution < 1.29 is 4.79 Å². The van der Waals surface area contributed by atoms with E-state index in [1.807, 2.05) is 57.2 Å². The molecule has 0 bridgehead atoms. The van der Waals surface area contributed by atoms with Crippen LogP contribution >= 0.6 is 11.3 Å². The number of rotatable bonds is 3. The summed E-state index contributed by atoms with van der Waals surface area (Å²) in [5.74, 6) is -0.241. The molecule has 0 radical (unpaired) electrons. The third-order valence-electron chi connectivity index (χ3n) is 4.61. The molecule has 0 spiro atoms. The van der Waals surface area contributed by atoms with E-state index in [1.54, 1.807) is 0 Å². The van der Waals surface area contributed by atoms with Gasteiger partial charge < -0.3 is 5.32 Å². The highest BCUT2D eigenvalue weighted by atomic mass is 32.1. The summed E-state index contributed by atoms with van der Waals surface area (Å²) >= 11 is 1.41. The average Bonchev–Trinajstić information content (AvgIpc) is 3.00. The first-order valence-electron chi connectivity index (χ1n) is 8.68. The van der Waals surface area contributed by atoms with Crippen LogP contribution < -0.4 is 10.9 Å². The van der Waals surface area contributed by atoms with Gasteiger partial charge in [0.25, 0.3) is 5.56 Å². The van der Waals surface area contributed by atoms with Crippen LogP contribution in [0.3, 0.4) is 0 Å². The standard InChI is InChI=1S/C21H19N3O2S/c1-12-8-13(2)18(14(3)9-12)23-17(25)10-24-11-22-19-15-6-4-5-7-16(15)27-20(19)21(24)26/h4-9,11H,10H2,1-3H3,(H,23,25). The fourth-order valence-electron chi connectivity index (χ4n) is 3.44. The van der Waals surface area contributed by atoms with Gasteiger partial charge in [-0.2, -0.15) is 0 Å². The van der Waals surface area contributed by atoms with E-state index in [-0.39, 0.29) is 18.0 Å². The minimum Gasteiger partial charge on any atom is -0.324 e. The van der Waals surface area contributed by atoms with Crippen molar-refractivity contribution in [2.45, 2.75) is 27.3 Å². The largest absolute Gasteiger partial charge is 0.324 e. The average molecular weight is 377 g/mol. The molecule has 2 aromatic heterocycles. The maximum Gasteiger partial charge on any atom is 0.271 e. The summed E-state index contributed by atoms with van der Waals surface area (Å²) in [5.41, 5.74) is 4.47. The van der Waals surface area contributed by atoms with Gasteiger partial charge in [-0.25, -0.2) is 4.98 Å². The Morgan fingerprint density at radius 2 is 1.85 bits per heavy atom. The molecule has 136 valence electrons. The summed E-state index contributed by atoms with van der Waals surface area (Å²) in [6.45, 7) is 5.89. The lowest BCUT2D eigenvalue weighted by Gasteiger charge is -2.13. The van der Waals surface area contributed by atoms with Crippen LogP contribution in [0.4, 0.5) is 5.69 Å².